The molecule has 0 aromatic heterocycles. The summed E-state index contributed by atoms with van der Waals surface area (Å²) < 4.78 is 0. The van der Waals surface area contributed by atoms with E-state index in [4.69, 9.17) is 0 Å². The largest absolute Gasteiger partial charge is 0.309 e. The third-order valence-electron chi connectivity index (χ3n) is 11.5. The van der Waals surface area contributed by atoms with Crippen LogP contribution in [0.2, 0.25) is 0 Å². The Morgan fingerprint density at radius 2 is 0.926 bits per heavy atom. The molecule has 0 heterocycles. The highest BCUT2D eigenvalue weighted by molar-refractivity contribution is 6.14. The molecule has 0 unspecified atom stereocenters. The summed E-state index contributed by atoms with van der Waals surface area (Å²) in [6.07, 6.45) is 0. The fraction of sp³-hybridized carbons (Fsp3) is 0.0566. The van der Waals surface area contributed by atoms with E-state index in [9.17, 15) is 0 Å². The van der Waals surface area contributed by atoms with Crippen molar-refractivity contribution in [2.75, 3.05) is 4.90 Å². The maximum atomic E-state index is 2.52. The Hall–Kier alpha value is -6.70. The van der Waals surface area contributed by atoms with E-state index in [1.165, 1.54) is 77.2 Å². The fourth-order valence-corrected chi connectivity index (χ4v) is 8.87. The van der Waals surface area contributed by atoms with Crippen LogP contribution >= 0.6 is 0 Å². The van der Waals surface area contributed by atoms with Gasteiger partial charge < -0.3 is 4.90 Å². The molecule has 0 atom stereocenters. The first kappa shape index (κ1) is 32.0. The Morgan fingerprint density at radius 1 is 0.333 bits per heavy atom. The van der Waals surface area contributed by atoms with Crippen molar-refractivity contribution in [1.29, 1.82) is 0 Å². The second-order valence-electron chi connectivity index (χ2n) is 14.9. The number of para-hydroxylation sites is 1. The fourth-order valence-electron chi connectivity index (χ4n) is 8.87. The zero-order valence-corrected chi connectivity index (χ0v) is 30.5. The van der Waals surface area contributed by atoms with Crippen LogP contribution in [0.1, 0.15) is 25.0 Å². The van der Waals surface area contributed by atoms with Crippen LogP contribution in [0.15, 0.2) is 200 Å². The minimum Gasteiger partial charge on any atom is -0.309 e. The van der Waals surface area contributed by atoms with Crippen molar-refractivity contribution in [3.63, 3.8) is 0 Å². The van der Waals surface area contributed by atoms with Crippen LogP contribution in [0.4, 0.5) is 17.1 Å². The molecular formula is C53H39N. The van der Waals surface area contributed by atoms with E-state index in [0.717, 1.165) is 17.1 Å². The molecule has 256 valence electrons. The van der Waals surface area contributed by atoms with Gasteiger partial charge in [0.05, 0.1) is 17.1 Å². The lowest BCUT2D eigenvalue weighted by molar-refractivity contribution is 0.660. The van der Waals surface area contributed by atoms with E-state index in [1.54, 1.807) is 0 Å². The smallest absolute Gasteiger partial charge is 0.0540 e. The second-order valence-corrected chi connectivity index (χ2v) is 14.9. The number of fused-ring (bicyclic) bond motifs is 6. The summed E-state index contributed by atoms with van der Waals surface area (Å²) in [5.41, 5.74) is 15.9. The highest BCUT2D eigenvalue weighted by atomic mass is 15.1. The van der Waals surface area contributed by atoms with Gasteiger partial charge in [0.25, 0.3) is 0 Å². The molecule has 54 heavy (non-hydrogen) atoms. The van der Waals surface area contributed by atoms with Crippen LogP contribution in [-0.2, 0) is 5.41 Å². The van der Waals surface area contributed by atoms with E-state index < -0.39 is 0 Å². The lowest BCUT2D eigenvalue weighted by atomic mass is 9.82. The summed E-state index contributed by atoms with van der Waals surface area (Å²) in [6, 6.07) is 73.5. The molecule has 0 spiro atoms. The highest BCUT2D eigenvalue weighted by Crippen LogP contribution is 2.54. The topological polar surface area (TPSA) is 3.24 Å². The number of hydrogen-bond donors (Lipinski definition) is 0. The molecule has 1 aliphatic carbocycles. The average Bonchev–Trinajstić information content (AvgIpc) is 3.48. The van der Waals surface area contributed by atoms with Crippen molar-refractivity contribution in [3.05, 3.63) is 211 Å². The summed E-state index contributed by atoms with van der Waals surface area (Å²) in [4.78, 5) is 2.52. The van der Waals surface area contributed by atoms with Gasteiger partial charge in [0.2, 0.25) is 0 Å². The van der Waals surface area contributed by atoms with Gasteiger partial charge in [-0.3, -0.25) is 0 Å². The van der Waals surface area contributed by atoms with Crippen LogP contribution in [0.3, 0.4) is 0 Å². The predicted octanol–water partition coefficient (Wildman–Crippen LogP) is 14.8. The Balaban J connectivity index is 1.30. The molecule has 9 aromatic carbocycles. The van der Waals surface area contributed by atoms with Crippen molar-refractivity contribution in [1.82, 2.24) is 0 Å². The normalized spacial score (nSPS) is 12.8. The van der Waals surface area contributed by atoms with Gasteiger partial charge in [-0.15, -0.1) is 0 Å². The van der Waals surface area contributed by atoms with Gasteiger partial charge in [0.1, 0.15) is 0 Å². The Kier molecular flexibility index (Phi) is 7.56. The maximum Gasteiger partial charge on any atom is 0.0540 e. The van der Waals surface area contributed by atoms with E-state index in [1.807, 2.05) is 0 Å². The minimum atomic E-state index is -0.0962. The lowest BCUT2D eigenvalue weighted by Gasteiger charge is -2.32. The molecule has 0 amide bonds. The molecule has 1 nitrogen and oxygen atoms in total. The van der Waals surface area contributed by atoms with Crippen molar-refractivity contribution in [2.45, 2.75) is 19.3 Å². The van der Waals surface area contributed by atoms with Crippen LogP contribution in [-0.4, -0.2) is 0 Å². The zero-order valence-electron chi connectivity index (χ0n) is 30.5. The van der Waals surface area contributed by atoms with E-state index in [2.05, 4.69) is 219 Å². The molecule has 0 saturated heterocycles. The summed E-state index contributed by atoms with van der Waals surface area (Å²) in [7, 11) is 0. The van der Waals surface area contributed by atoms with Crippen LogP contribution in [0, 0.1) is 0 Å². The van der Waals surface area contributed by atoms with Crippen LogP contribution in [0.25, 0.3) is 66.1 Å². The molecule has 9 aromatic rings. The third-order valence-corrected chi connectivity index (χ3v) is 11.5. The summed E-state index contributed by atoms with van der Waals surface area (Å²) >= 11 is 0. The van der Waals surface area contributed by atoms with Crippen molar-refractivity contribution in [3.8, 4) is 44.5 Å². The Morgan fingerprint density at radius 3 is 1.76 bits per heavy atom. The quantitative estimate of drug-likeness (QED) is 0.157. The predicted molar refractivity (Wildman–Crippen MR) is 230 cm³/mol. The first-order valence-electron chi connectivity index (χ1n) is 18.9. The molecule has 0 N–H and O–H groups in total. The van der Waals surface area contributed by atoms with Gasteiger partial charge in [-0.05, 0) is 84.9 Å². The monoisotopic (exact) mass is 689 g/mol. The molecule has 0 radical (unpaired) electrons. The first-order chi connectivity index (χ1) is 26.6. The average molecular weight is 690 g/mol. The van der Waals surface area contributed by atoms with E-state index >= 15 is 0 Å². The van der Waals surface area contributed by atoms with Gasteiger partial charge in [-0.2, -0.15) is 0 Å². The van der Waals surface area contributed by atoms with Crippen molar-refractivity contribution in [2.24, 2.45) is 0 Å². The molecule has 0 saturated carbocycles. The lowest BCUT2D eigenvalue weighted by Crippen LogP contribution is -2.15. The van der Waals surface area contributed by atoms with Gasteiger partial charge in [-0.1, -0.05) is 190 Å². The maximum absolute atomic E-state index is 2.52. The van der Waals surface area contributed by atoms with Crippen LogP contribution < -0.4 is 4.90 Å². The third kappa shape index (κ3) is 5.08. The number of rotatable bonds is 6. The molecule has 1 heteroatoms. The molecule has 0 aliphatic heterocycles. The van der Waals surface area contributed by atoms with Gasteiger partial charge in [-0.25, -0.2) is 0 Å². The first-order valence-corrected chi connectivity index (χ1v) is 18.9. The van der Waals surface area contributed by atoms with Gasteiger partial charge in [0.15, 0.2) is 0 Å². The van der Waals surface area contributed by atoms with Gasteiger partial charge >= 0.3 is 0 Å². The Labute approximate surface area is 317 Å². The standard InChI is InChI=1S/C53H39N/c1-53(2)47-27-13-11-24-45(47)52-44(26-15-28-48(52)53)42-23-12-14-29-49(42)54(50-30-16-25-41-40-22-10-9-21-38(40)31-33-43(41)50)51-34-32-39(36-17-5-3-6-18-36)35-46(51)37-19-7-4-8-20-37/h3-35H,1-2H3. The van der Waals surface area contributed by atoms with Crippen molar-refractivity contribution >= 4 is 38.6 Å². The summed E-state index contributed by atoms with van der Waals surface area (Å²) in [5, 5.41) is 4.95. The highest BCUT2D eigenvalue weighted by Gasteiger charge is 2.37. The summed E-state index contributed by atoms with van der Waals surface area (Å²) in [6.45, 7) is 4.72. The summed E-state index contributed by atoms with van der Waals surface area (Å²) in [5.74, 6) is 0. The zero-order chi connectivity index (χ0) is 36.2. The molecule has 0 fully saturated rings. The van der Waals surface area contributed by atoms with E-state index in [0.29, 0.717) is 0 Å². The molecule has 0 bridgehead atoms. The number of anilines is 3. The van der Waals surface area contributed by atoms with Crippen LogP contribution in [0.5, 0.6) is 0 Å². The minimum absolute atomic E-state index is 0.0962. The molecule has 1 aliphatic rings. The molecular weight excluding hydrogens is 651 g/mol. The Bertz CT molecular complexity index is 2850. The number of nitrogens with zero attached hydrogens (tertiary/aromatic N) is 1. The number of benzene rings is 9. The SMILES string of the molecule is CC1(C)c2ccccc2-c2c(-c3ccccc3N(c3ccc(-c4ccccc4)cc3-c3ccccc3)c3cccc4c3ccc3ccccc34)cccc21. The second kappa shape index (κ2) is 12.8. The van der Waals surface area contributed by atoms with E-state index in [-0.39, 0.29) is 5.41 Å². The molecule has 10 rings (SSSR count). The van der Waals surface area contributed by atoms with Gasteiger partial charge in [0, 0.05) is 21.9 Å². The van der Waals surface area contributed by atoms with Crippen molar-refractivity contribution < 1.29 is 0 Å². The number of hydrogen-bond acceptors (Lipinski definition) is 1.